The molecule has 1 aliphatic rings. The number of ether oxygens (including phenoxy) is 1. The van der Waals surface area contributed by atoms with Gasteiger partial charge in [-0.05, 0) is 32.9 Å². The quantitative estimate of drug-likeness (QED) is 0.804. The van der Waals surface area contributed by atoms with E-state index in [0.29, 0.717) is 5.56 Å². The molecule has 0 aliphatic carbocycles. The maximum absolute atomic E-state index is 13.9. The number of carbonyl (C=O) groups excluding carboxylic acids is 2. The number of hydrogen-bond donors (Lipinski definition) is 2. The van der Waals surface area contributed by atoms with Gasteiger partial charge < -0.3 is 15.2 Å². The number of nitrogens with one attached hydrogen (secondary N) is 1. The van der Waals surface area contributed by atoms with E-state index in [-0.39, 0.29) is 25.1 Å². The molecule has 6 nitrogen and oxygen atoms in total. The number of likely N-dealkylation sites (tertiary alicyclic amines) is 1. The minimum atomic E-state index is -0.868. The van der Waals surface area contributed by atoms with E-state index >= 15 is 0 Å². The fraction of sp³-hybridized carbons (Fsp3) is 0.474. The average molecular weight is 362 g/mol. The molecule has 2 atom stereocenters. The number of aliphatic hydroxyl groups is 1. The third-order valence-corrected chi connectivity index (χ3v) is 3.88. The zero-order valence-corrected chi connectivity index (χ0v) is 15.1. The largest absolute Gasteiger partial charge is 0.444 e. The van der Waals surface area contributed by atoms with E-state index in [1.54, 1.807) is 26.8 Å². The lowest BCUT2D eigenvalue weighted by Gasteiger charge is -2.27. The van der Waals surface area contributed by atoms with Gasteiger partial charge in [0.2, 0.25) is 5.91 Å². The number of rotatable bonds is 3. The third-order valence-electron chi connectivity index (χ3n) is 3.88. The van der Waals surface area contributed by atoms with Gasteiger partial charge in [0, 0.05) is 24.1 Å². The van der Waals surface area contributed by atoms with Gasteiger partial charge in [0.15, 0.2) is 0 Å². The molecule has 1 fully saturated rings. The molecule has 26 heavy (non-hydrogen) atoms. The number of carbonyl (C=O) groups is 2. The molecule has 1 aromatic carbocycles. The second-order valence-corrected chi connectivity index (χ2v) is 7.21. The van der Waals surface area contributed by atoms with Gasteiger partial charge in [-0.3, -0.25) is 9.69 Å². The molecule has 1 aromatic rings. The normalized spacial score (nSPS) is 19.8. The SMILES string of the molecule is C#Cc1ccc(CNC(=O)[C@@H]2C[C@@H](O)CN2C(=O)OC(C)(C)C)c(F)c1. The van der Waals surface area contributed by atoms with E-state index in [1.807, 2.05) is 0 Å². The standard InChI is InChI=1S/C19H23FN2O4/c1-5-12-6-7-13(15(20)8-12)10-21-17(24)16-9-14(23)11-22(16)18(25)26-19(2,3)4/h1,6-8,14,16,23H,9-11H2,2-4H3,(H,21,24)/t14-,16+/m1/s1. The molecule has 0 bridgehead atoms. The summed E-state index contributed by atoms with van der Waals surface area (Å²) in [7, 11) is 0. The van der Waals surface area contributed by atoms with E-state index in [4.69, 9.17) is 11.2 Å². The van der Waals surface area contributed by atoms with Gasteiger partial charge in [0.1, 0.15) is 17.5 Å². The molecule has 7 heteroatoms. The molecule has 0 spiro atoms. The number of amides is 2. The smallest absolute Gasteiger partial charge is 0.411 e. The highest BCUT2D eigenvalue weighted by molar-refractivity contribution is 5.86. The van der Waals surface area contributed by atoms with Crippen LogP contribution in [-0.4, -0.2) is 46.3 Å². The summed E-state index contributed by atoms with van der Waals surface area (Å²) >= 11 is 0. The van der Waals surface area contributed by atoms with Crippen molar-refractivity contribution in [3.8, 4) is 12.3 Å². The first kappa shape index (κ1) is 19.7. The van der Waals surface area contributed by atoms with E-state index in [9.17, 15) is 19.1 Å². The van der Waals surface area contributed by atoms with Crippen LogP contribution in [-0.2, 0) is 16.1 Å². The van der Waals surface area contributed by atoms with Crippen LogP contribution >= 0.6 is 0 Å². The van der Waals surface area contributed by atoms with Crippen molar-refractivity contribution >= 4 is 12.0 Å². The molecular weight excluding hydrogens is 339 g/mol. The summed E-state index contributed by atoms with van der Waals surface area (Å²) in [5.74, 6) is 1.34. The lowest BCUT2D eigenvalue weighted by atomic mass is 10.1. The molecule has 140 valence electrons. The molecular formula is C19H23FN2O4. The molecule has 2 N–H and O–H groups in total. The van der Waals surface area contributed by atoms with Crippen LogP contribution in [0.4, 0.5) is 9.18 Å². The van der Waals surface area contributed by atoms with Crippen molar-refractivity contribution in [3.63, 3.8) is 0 Å². The van der Waals surface area contributed by atoms with Crippen LogP contribution in [0.5, 0.6) is 0 Å². The Morgan fingerprint density at radius 2 is 2.15 bits per heavy atom. The first-order chi connectivity index (χ1) is 12.1. The van der Waals surface area contributed by atoms with E-state index in [0.717, 1.165) is 0 Å². The number of terminal acetylenes is 1. The molecule has 0 unspecified atom stereocenters. The van der Waals surface area contributed by atoms with Crippen LogP contribution in [0.25, 0.3) is 0 Å². The Kier molecular flexibility index (Phi) is 5.88. The molecule has 0 radical (unpaired) electrons. The Morgan fingerprint density at radius 1 is 1.46 bits per heavy atom. The highest BCUT2D eigenvalue weighted by atomic mass is 19.1. The molecule has 0 saturated carbocycles. The zero-order valence-electron chi connectivity index (χ0n) is 15.1. The van der Waals surface area contributed by atoms with Gasteiger partial charge in [-0.15, -0.1) is 6.42 Å². The fourth-order valence-corrected chi connectivity index (χ4v) is 2.67. The van der Waals surface area contributed by atoms with Crippen LogP contribution in [0, 0.1) is 18.2 Å². The van der Waals surface area contributed by atoms with Crippen LogP contribution in [0.1, 0.15) is 38.3 Å². The van der Waals surface area contributed by atoms with Crippen molar-refractivity contribution in [2.75, 3.05) is 6.54 Å². The Balaban J connectivity index is 2.03. The van der Waals surface area contributed by atoms with Crippen molar-refractivity contribution < 1.29 is 23.8 Å². The van der Waals surface area contributed by atoms with Crippen molar-refractivity contribution in [3.05, 3.63) is 35.1 Å². The van der Waals surface area contributed by atoms with Crippen molar-refractivity contribution in [1.29, 1.82) is 0 Å². The highest BCUT2D eigenvalue weighted by Gasteiger charge is 2.40. The van der Waals surface area contributed by atoms with Gasteiger partial charge in [-0.1, -0.05) is 12.0 Å². The second-order valence-electron chi connectivity index (χ2n) is 7.21. The summed E-state index contributed by atoms with van der Waals surface area (Å²) in [5, 5.41) is 12.4. The van der Waals surface area contributed by atoms with Crippen molar-refractivity contribution in [2.45, 2.75) is 51.5 Å². The van der Waals surface area contributed by atoms with Crippen LogP contribution in [0.15, 0.2) is 18.2 Å². The van der Waals surface area contributed by atoms with Gasteiger partial charge in [0.25, 0.3) is 0 Å². The Morgan fingerprint density at radius 3 is 2.73 bits per heavy atom. The van der Waals surface area contributed by atoms with Crippen molar-refractivity contribution in [1.82, 2.24) is 10.2 Å². The number of benzene rings is 1. The van der Waals surface area contributed by atoms with Gasteiger partial charge in [-0.2, -0.15) is 0 Å². The first-order valence-corrected chi connectivity index (χ1v) is 8.31. The molecule has 1 aliphatic heterocycles. The Bertz CT molecular complexity index is 736. The second kappa shape index (κ2) is 7.75. The monoisotopic (exact) mass is 362 g/mol. The van der Waals surface area contributed by atoms with Gasteiger partial charge in [0.05, 0.1) is 12.6 Å². The highest BCUT2D eigenvalue weighted by Crippen LogP contribution is 2.22. The maximum Gasteiger partial charge on any atom is 0.411 e. The first-order valence-electron chi connectivity index (χ1n) is 8.31. The van der Waals surface area contributed by atoms with Crippen molar-refractivity contribution in [2.24, 2.45) is 0 Å². The predicted octanol–water partition coefficient (Wildman–Crippen LogP) is 1.79. The lowest BCUT2D eigenvalue weighted by molar-refractivity contribution is -0.125. The van der Waals surface area contributed by atoms with Gasteiger partial charge in [-0.25, -0.2) is 9.18 Å². The predicted molar refractivity (Wildman–Crippen MR) is 93.5 cm³/mol. The summed E-state index contributed by atoms with van der Waals surface area (Å²) in [6.45, 7) is 5.11. The number of hydrogen-bond acceptors (Lipinski definition) is 4. The molecule has 0 aromatic heterocycles. The minimum Gasteiger partial charge on any atom is -0.444 e. The number of β-amino-alcohol motifs (C(OH)–C–C–N with tert-alkyl or cyclic N) is 1. The third kappa shape index (κ3) is 4.96. The Labute approximate surface area is 152 Å². The fourth-order valence-electron chi connectivity index (χ4n) is 2.67. The minimum absolute atomic E-state index is 0.0121. The van der Waals surface area contributed by atoms with E-state index < -0.39 is 35.6 Å². The Hall–Kier alpha value is -2.59. The van der Waals surface area contributed by atoms with Crippen LogP contribution in [0.2, 0.25) is 0 Å². The van der Waals surface area contributed by atoms with Crippen LogP contribution < -0.4 is 5.32 Å². The van der Waals surface area contributed by atoms with E-state index in [1.165, 1.54) is 17.0 Å². The average Bonchev–Trinajstić information content (AvgIpc) is 2.94. The lowest BCUT2D eigenvalue weighted by Crippen LogP contribution is -2.47. The van der Waals surface area contributed by atoms with Crippen LogP contribution in [0.3, 0.4) is 0 Å². The summed E-state index contributed by atoms with van der Waals surface area (Å²) in [6.07, 6.45) is 3.83. The molecule has 1 heterocycles. The number of aliphatic hydroxyl groups excluding tert-OH is 1. The molecule has 2 amide bonds. The zero-order chi connectivity index (χ0) is 19.5. The van der Waals surface area contributed by atoms with E-state index in [2.05, 4.69) is 11.2 Å². The summed E-state index contributed by atoms with van der Waals surface area (Å²) in [5.41, 5.74) is -0.0274. The molecule has 1 saturated heterocycles. The van der Waals surface area contributed by atoms with Gasteiger partial charge >= 0.3 is 6.09 Å². The molecule has 2 rings (SSSR count). The summed E-state index contributed by atoms with van der Waals surface area (Å²) in [4.78, 5) is 25.9. The number of halogens is 1. The summed E-state index contributed by atoms with van der Waals surface area (Å²) in [6, 6.07) is 3.43. The topological polar surface area (TPSA) is 78.9 Å². The maximum atomic E-state index is 13.9. The number of nitrogens with zero attached hydrogens (tertiary/aromatic N) is 1. The summed E-state index contributed by atoms with van der Waals surface area (Å²) < 4.78 is 19.2.